The lowest BCUT2D eigenvalue weighted by Gasteiger charge is -2.15. The topological polar surface area (TPSA) is 66.0 Å². The van der Waals surface area contributed by atoms with Crippen LogP contribution in [0.5, 0.6) is 23.0 Å². The Morgan fingerprint density at radius 1 is 1.00 bits per heavy atom. The van der Waals surface area contributed by atoms with Gasteiger partial charge in [0.25, 0.3) is 0 Å². The normalized spacial score (nSPS) is 11.8. The number of hydrogen-bond donors (Lipinski definition) is 1. The second-order valence-electron chi connectivity index (χ2n) is 6.24. The molecule has 6 nitrogen and oxygen atoms in total. The van der Waals surface area contributed by atoms with Crippen molar-refractivity contribution in [2.45, 2.75) is 19.9 Å². The van der Waals surface area contributed by atoms with Gasteiger partial charge in [-0.2, -0.15) is 0 Å². The van der Waals surface area contributed by atoms with Gasteiger partial charge in [-0.25, -0.2) is 0 Å². The number of rotatable bonds is 9. The Morgan fingerprint density at radius 3 is 2.36 bits per heavy atom. The highest BCUT2D eigenvalue weighted by molar-refractivity contribution is 5.92. The van der Waals surface area contributed by atoms with E-state index in [0.717, 1.165) is 11.3 Å². The van der Waals surface area contributed by atoms with Gasteiger partial charge in [0.2, 0.25) is 11.7 Å². The van der Waals surface area contributed by atoms with E-state index in [0.29, 0.717) is 29.4 Å². The van der Waals surface area contributed by atoms with Crippen LogP contribution in [0, 0.1) is 6.92 Å². The zero-order chi connectivity index (χ0) is 20.5. The van der Waals surface area contributed by atoms with E-state index in [9.17, 15) is 4.79 Å². The molecule has 0 aromatic heterocycles. The van der Waals surface area contributed by atoms with Crippen LogP contribution in [0.4, 0.5) is 0 Å². The largest absolute Gasteiger partial charge is 0.493 e. The summed E-state index contributed by atoms with van der Waals surface area (Å²) < 4.78 is 21.8. The zero-order valence-electron chi connectivity index (χ0n) is 16.9. The maximum Gasteiger partial charge on any atom is 0.244 e. The monoisotopic (exact) mass is 385 g/mol. The second kappa shape index (κ2) is 10.3. The van der Waals surface area contributed by atoms with E-state index in [1.807, 2.05) is 38.1 Å². The van der Waals surface area contributed by atoms with Crippen molar-refractivity contribution in [2.24, 2.45) is 0 Å². The van der Waals surface area contributed by atoms with Crippen molar-refractivity contribution in [2.75, 3.05) is 27.9 Å². The van der Waals surface area contributed by atoms with Crippen molar-refractivity contribution in [3.63, 3.8) is 0 Å². The number of ether oxygens (including phenoxy) is 4. The highest BCUT2D eigenvalue weighted by atomic mass is 16.5. The average Bonchev–Trinajstić information content (AvgIpc) is 2.70. The zero-order valence-corrected chi connectivity index (χ0v) is 16.9. The minimum Gasteiger partial charge on any atom is -0.493 e. The molecular weight excluding hydrogens is 358 g/mol. The lowest BCUT2D eigenvalue weighted by Crippen LogP contribution is -2.35. The molecule has 2 rings (SSSR count). The van der Waals surface area contributed by atoms with Crippen molar-refractivity contribution in [3.05, 3.63) is 53.6 Å². The maximum absolute atomic E-state index is 12.2. The Balaban J connectivity index is 1.98. The highest BCUT2D eigenvalue weighted by Gasteiger charge is 2.14. The van der Waals surface area contributed by atoms with E-state index in [1.54, 1.807) is 32.4 Å². The van der Waals surface area contributed by atoms with Crippen LogP contribution in [0.2, 0.25) is 0 Å². The third-order valence-corrected chi connectivity index (χ3v) is 4.12. The minimum absolute atomic E-state index is 0.149. The number of benzene rings is 2. The van der Waals surface area contributed by atoms with Gasteiger partial charge in [-0.05, 0) is 43.7 Å². The molecule has 0 heterocycles. The first kappa shape index (κ1) is 21.2. The number of methoxy groups -OCH3 is 3. The SMILES string of the molecule is COc1ccc(/C=C/C(=O)NC(C)COc2ccccc2C)c(OC)c1OC. The molecule has 0 bridgehead atoms. The number of carbonyl (C=O) groups is 1. The average molecular weight is 385 g/mol. The van der Waals surface area contributed by atoms with Crippen LogP contribution in [-0.4, -0.2) is 39.9 Å². The van der Waals surface area contributed by atoms with Crippen LogP contribution in [0.25, 0.3) is 6.08 Å². The molecule has 0 aliphatic carbocycles. The molecule has 0 saturated heterocycles. The number of para-hydroxylation sites is 1. The maximum atomic E-state index is 12.2. The first-order valence-corrected chi connectivity index (χ1v) is 8.96. The number of aryl methyl sites for hydroxylation is 1. The van der Waals surface area contributed by atoms with E-state index >= 15 is 0 Å². The number of hydrogen-bond acceptors (Lipinski definition) is 5. The fraction of sp³-hybridized carbons (Fsp3) is 0.318. The summed E-state index contributed by atoms with van der Waals surface area (Å²) >= 11 is 0. The molecule has 1 N–H and O–H groups in total. The Hall–Kier alpha value is -3.15. The van der Waals surface area contributed by atoms with Gasteiger partial charge in [-0.15, -0.1) is 0 Å². The van der Waals surface area contributed by atoms with Crippen LogP contribution in [0.1, 0.15) is 18.1 Å². The fourth-order valence-corrected chi connectivity index (χ4v) is 2.69. The minimum atomic E-state index is -0.224. The van der Waals surface area contributed by atoms with Crippen molar-refractivity contribution in [3.8, 4) is 23.0 Å². The molecule has 0 aliphatic rings. The van der Waals surface area contributed by atoms with E-state index in [2.05, 4.69) is 5.32 Å². The summed E-state index contributed by atoms with van der Waals surface area (Å²) in [6, 6.07) is 11.2. The van der Waals surface area contributed by atoms with Crippen LogP contribution in [-0.2, 0) is 4.79 Å². The van der Waals surface area contributed by atoms with Gasteiger partial charge < -0.3 is 24.3 Å². The van der Waals surface area contributed by atoms with Crippen molar-refractivity contribution in [1.29, 1.82) is 0 Å². The molecule has 0 spiro atoms. The summed E-state index contributed by atoms with van der Waals surface area (Å²) in [6.45, 7) is 4.25. The first-order valence-electron chi connectivity index (χ1n) is 8.96. The number of amides is 1. The summed E-state index contributed by atoms with van der Waals surface area (Å²) in [5, 5.41) is 2.88. The van der Waals surface area contributed by atoms with Gasteiger partial charge in [0, 0.05) is 11.6 Å². The molecule has 2 aromatic carbocycles. The van der Waals surface area contributed by atoms with Crippen LogP contribution >= 0.6 is 0 Å². The Bertz CT molecular complexity index is 832. The number of nitrogens with one attached hydrogen (secondary N) is 1. The van der Waals surface area contributed by atoms with Gasteiger partial charge in [-0.1, -0.05) is 18.2 Å². The predicted molar refractivity (Wildman–Crippen MR) is 109 cm³/mol. The summed E-state index contributed by atoms with van der Waals surface area (Å²) in [4.78, 5) is 12.2. The second-order valence-corrected chi connectivity index (χ2v) is 6.24. The molecule has 6 heteroatoms. The van der Waals surface area contributed by atoms with Crippen LogP contribution in [0.3, 0.4) is 0 Å². The molecule has 150 valence electrons. The van der Waals surface area contributed by atoms with E-state index in [1.165, 1.54) is 13.2 Å². The molecular formula is C22H27NO5. The summed E-state index contributed by atoms with van der Waals surface area (Å²) in [7, 11) is 4.64. The van der Waals surface area contributed by atoms with Crippen LogP contribution in [0.15, 0.2) is 42.5 Å². The molecule has 1 unspecified atom stereocenters. The molecule has 1 atom stereocenters. The van der Waals surface area contributed by atoms with Gasteiger partial charge >= 0.3 is 0 Å². The van der Waals surface area contributed by atoms with Gasteiger partial charge in [0.1, 0.15) is 12.4 Å². The first-order chi connectivity index (χ1) is 13.5. The van der Waals surface area contributed by atoms with Crippen molar-refractivity contribution in [1.82, 2.24) is 5.32 Å². The molecule has 0 fully saturated rings. The van der Waals surface area contributed by atoms with Gasteiger partial charge in [-0.3, -0.25) is 4.79 Å². The third kappa shape index (κ3) is 5.42. The number of carbonyl (C=O) groups excluding carboxylic acids is 1. The summed E-state index contributed by atoms with van der Waals surface area (Å²) in [5.74, 6) is 2.13. The highest BCUT2D eigenvalue weighted by Crippen LogP contribution is 2.40. The van der Waals surface area contributed by atoms with Crippen molar-refractivity contribution < 1.29 is 23.7 Å². The molecule has 0 radical (unpaired) electrons. The quantitative estimate of drug-likeness (QED) is 0.668. The van der Waals surface area contributed by atoms with Crippen LogP contribution < -0.4 is 24.3 Å². The standard InChI is InChI=1S/C22H27NO5/c1-15-8-6-7-9-18(15)28-14-16(2)23-20(24)13-11-17-10-12-19(25-3)22(27-5)21(17)26-4/h6-13,16H,14H2,1-5H3,(H,23,24)/b13-11+. The Morgan fingerprint density at radius 2 is 1.71 bits per heavy atom. The van der Waals surface area contributed by atoms with Crippen molar-refractivity contribution >= 4 is 12.0 Å². The molecule has 0 saturated carbocycles. The fourth-order valence-electron chi connectivity index (χ4n) is 2.69. The van der Waals surface area contributed by atoms with E-state index < -0.39 is 0 Å². The third-order valence-electron chi connectivity index (χ3n) is 4.12. The Kier molecular flexibility index (Phi) is 7.75. The Labute approximate surface area is 166 Å². The molecule has 0 aliphatic heterocycles. The summed E-state index contributed by atoms with van der Waals surface area (Å²) in [5.41, 5.74) is 1.76. The smallest absolute Gasteiger partial charge is 0.244 e. The van der Waals surface area contributed by atoms with Gasteiger partial charge in [0.15, 0.2) is 11.5 Å². The van der Waals surface area contributed by atoms with E-state index in [4.69, 9.17) is 18.9 Å². The predicted octanol–water partition coefficient (Wildman–Crippen LogP) is 3.62. The van der Waals surface area contributed by atoms with Gasteiger partial charge in [0.05, 0.1) is 27.4 Å². The summed E-state index contributed by atoms with van der Waals surface area (Å²) in [6.07, 6.45) is 3.12. The molecule has 1 amide bonds. The van der Waals surface area contributed by atoms with E-state index in [-0.39, 0.29) is 11.9 Å². The molecule has 2 aromatic rings. The molecule has 28 heavy (non-hydrogen) atoms. The lowest BCUT2D eigenvalue weighted by atomic mass is 10.1. The lowest BCUT2D eigenvalue weighted by molar-refractivity contribution is -0.117.